The number of hydrogen-bond acceptors (Lipinski definition) is 3. The molecule has 118 valence electrons. The average molecular weight is 377 g/mol. The van der Waals surface area contributed by atoms with Gasteiger partial charge >= 0.3 is 0 Å². The van der Waals surface area contributed by atoms with Gasteiger partial charge in [-0.1, -0.05) is 35.8 Å². The van der Waals surface area contributed by atoms with E-state index in [1.54, 1.807) is 18.2 Å². The van der Waals surface area contributed by atoms with Crippen LogP contribution in [0.2, 0.25) is 0 Å². The van der Waals surface area contributed by atoms with Crippen LogP contribution >= 0.6 is 15.9 Å². The first-order valence-electron chi connectivity index (χ1n) is 6.69. The number of carbonyl (C=O) groups excluding carboxylic acids is 1. The van der Waals surface area contributed by atoms with Crippen molar-refractivity contribution in [3.8, 4) is 0 Å². The van der Waals surface area contributed by atoms with Gasteiger partial charge in [-0.15, -0.1) is 0 Å². The van der Waals surface area contributed by atoms with Crippen LogP contribution in [0.15, 0.2) is 28.7 Å². The van der Waals surface area contributed by atoms with Crippen LogP contribution in [0.4, 0.5) is 5.69 Å². The molecule has 7 heteroatoms. The van der Waals surface area contributed by atoms with E-state index in [4.69, 9.17) is 0 Å². The molecule has 0 fully saturated rings. The highest BCUT2D eigenvalue weighted by Gasteiger charge is 2.20. The zero-order chi connectivity index (χ0) is 16.0. The SMILES string of the molecule is CC(C)CCN(CC(=O)Nc1cccc(Br)c1)S(C)(=O)=O. The van der Waals surface area contributed by atoms with Crippen molar-refractivity contribution in [3.05, 3.63) is 28.7 Å². The van der Waals surface area contributed by atoms with E-state index in [1.165, 1.54) is 4.31 Å². The Morgan fingerprint density at radius 3 is 2.57 bits per heavy atom. The predicted octanol–water partition coefficient (Wildman–Crippen LogP) is 2.70. The van der Waals surface area contributed by atoms with Crippen molar-refractivity contribution < 1.29 is 13.2 Å². The summed E-state index contributed by atoms with van der Waals surface area (Å²) in [5.41, 5.74) is 0.631. The van der Waals surface area contributed by atoms with E-state index >= 15 is 0 Å². The van der Waals surface area contributed by atoms with E-state index < -0.39 is 10.0 Å². The van der Waals surface area contributed by atoms with Gasteiger partial charge in [0.05, 0.1) is 12.8 Å². The van der Waals surface area contributed by atoms with Crippen molar-refractivity contribution in [1.82, 2.24) is 4.31 Å². The quantitative estimate of drug-likeness (QED) is 0.795. The maximum Gasteiger partial charge on any atom is 0.239 e. The lowest BCUT2D eigenvalue weighted by molar-refractivity contribution is -0.116. The van der Waals surface area contributed by atoms with Crippen LogP contribution in [0.3, 0.4) is 0 Å². The number of nitrogens with one attached hydrogen (secondary N) is 1. The smallest absolute Gasteiger partial charge is 0.239 e. The van der Waals surface area contributed by atoms with E-state index in [1.807, 2.05) is 19.9 Å². The average Bonchev–Trinajstić information content (AvgIpc) is 2.32. The van der Waals surface area contributed by atoms with E-state index in [0.29, 0.717) is 18.2 Å². The lowest BCUT2D eigenvalue weighted by atomic mass is 10.1. The second kappa shape index (κ2) is 7.91. The molecule has 0 aliphatic carbocycles. The summed E-state index contributed by atoms with van der Waals surface area (Å²) in [6, 6.07) is 7.16. The Labute approximate surface area is 134 Å². The second-order valence-corrected chi connectivity index (χ2v) is 8.24. The van der Waals surface area contributed by atoms with Gasteiger partial charge in [-0.3, -0.25) is 4.79 Å². The van der Waals surface area contributed by atoms with Crippen LogP contribution in [0.5, 0.6) is 0 Å². The Hall–Kier alpha value is -0.920. The van der Waals surface area contributed by atoms with Crippen molar-refractivity contribution in [1.29, 1.82) is 0 Å². The number of anilines is 1. The number of nitrogens with zero attached hydrogens (tertiary/aromatic N) is 1. The molecule has 1 rings (SSSR count). The molecule has 0 aliphatic heterocycles. The minimum absolute atomic E-state index is 0.169. The van der Waals surface area contributed by atoms with E-state index in [9.17, 15) is 13.2 Å². The lowest BCUT2D eigenvalue weighted by Gasteiger charge is -2.20. The highest BCUT2D eigenvalue weighted by molar-refractivity contribution is 9.10. The van der Waals surface area contributed by atoms with E-state index in [2.05, 4.69) is 21.2 Å². The van der Waals surface area contributed by atoms with E-state index in [0.717, 1.165) is 17.1 Å². The topological polar surface area (TPSA) is 66.5 Å². The molecular formula is C14H21BrN2O3S. The molecule has 0 saturated carbocycles. The minimum Gasteiger partial charge on any atom is -0.325 e. The van der Waals surface area contributed by atoms with Crippen LogP contribution in [-0.2, 0) is 14.8 Å². The molecule has 0 radical (unpaired) electrons. The number of sulfonamides is 1. The highest BCUT2D eigenvalue weighted by atomic mass is 79.9. The van der Waals surface area contributed by atoms with Crippen LogP contribution in [0.25, 0.3) is 0 Å². The van der Waals surface area contributed by atoms with Crippen molar-refractivity contribution in [3.63, 3.8) is 0 Å². The van der Waals surface area contributed by atoms with Gasteiger partial charge in [0.2, 0.25) is 15.9 Å². The summed E-state index contributed by atoms with van der Waals surface area (Å²) in [5.74, 6) is 0.0321. The molecule has 0 heterocycles. The molecule has 1 aromatic rings. The van der Waals surface area contributed by atoms with Gasteiger partial charge in [0, 0.05) is 16.7 Å². The summed E-state index contributed by atoms with van der Waals surface area (Å²) in [7, 11) is -3.39. The summed E-state index contributed by atoms with van der Waals surface area (Å²) >= 11 is 3.32. The highest BCUT2D eigenvalue weighted by Crippen LogP contribution is 2.15. The fourth-order valence-electron chi connectivity index (χ4n) is 1.69. The van der Waals surface area contributed by atoms with Crippen molar-refractivity contribution in [2.75, 3.05) is 24.7 Å². The van der Waals surface area contributed by atoms with Crippen LogP contribution < -0.4 is 5.32 Å². The number of benzene rings is 1. The van der Waals surface area contributed by atoms with Crippen LogP contribution in [-0.4, -0.2) is 38.0 Å². The summed E-state index contributed by atoms with van der Waals surface area (Å²) in [6.45, 7) is 4.21. The summed E-state index contributed by atoms with van der Waals surface area (Å²) in [4.78, 5) is 12.0. The zero-order valence-electron chi connectivity index (χ0n) is 12.5. The van der Waals surface area contributed by atoms with Crippen molar-refractivity contribution in [2.45, 2.75) is 20.3 Å². The summed E-state index contributed by atoms with van der Waals surface area (Å²) in [5, 5.41) is 2.70. The Morgan fingerprint density at radius 1 is 1.38 bits per heavy atom. The van der Waals surface area contributed by atoms with Gasteiger partial charge in [-0.2, -0.15) is 4.31 Å². The first-order chi connectivity index (χ1) is 9.68. The normalized spacial score (nSPS) is 11.9. The maximum atomic E-state index is 12.0. The number of halogens is 1. The molecular weight excluding hydrogens is 356 g/mol. The third-order valence-electron chi connectivity index (χ3n) is 2.85. The Kier molecular flexibility index (Phi) is 6.83. The van der Waals surface area contributed by atoms with Gasteiger partial charge in [0.25, 0.3) is 0 Å². The van der Waals surface area contributed by atoms with Crippen LogP contribution in [0, 0.1) is 5.92 Å². The molecule has 0 spiro atoms. The number of amides is 1. The lowest BCUT2D eigenvalue weighted by Crippen LogP contribution is -2.38. The first kappa shape index (κ1) is 18.1. The fraction of sp³-hybridized carbons (Fsp3) is 0.500. The molecule has 0 saturated heterocycles. The number of carbonyl (C=O) groups is 1. The molecule has 0 bridgehead atoms. The zero-order valence-corrected chi connectivity index (χ0v) is 14.9. The van der Waals surface area contributed by atoms with Gasteiger partial charge < -0.3 is 5.32 Å². The first-order valence-corrected chi connectivity index (χ1v) is 9.33. The molecule has 1 amide bonds. The summed E-state index contributed by atoms with van der Waals surface area (Å²) < 4.78 is 25.5. The van der Waals surface area contributed by atoms with Crippen molar-refractivity contribution in [2.24, 2.45) is 5.92 Å². The van der Waals surface area contributed by atoms with E-state index in [-0.39, 0.29) is 12.5 Å². The Balaban J connectivity index is 2.68. The second-order valence-electron chi connectivity index (χ2n) is 5.34. The maximum absolute atomic E-state index is 12.0. The molecule has 0 aromatic heterocycles. The molecule has 0 aliphatic rings. The summed E-state index contributed by atoms with van der Waals surface area (Å²) in [6.07, 6.45) is 1.84. The molecule has 5 nitrogen and oxygen atoms in total. The minimum atomic E-state index is -3.39. The standard InChI is InChI=1S/C14H21BrN2O3S/c1-11(2)7-8-17(21(3,19)20)10-14(18)16-13-6-4-5-12(15)9-13/h4-6,9,11H,7-8,10H2,1-3H3,(H,16,18). The third kappa shape index (κ3) is 7.06. The molecule has 0 unspecified atom stereocenters. The van der Waals surface area contributed by atoms with Crippen molar-refractivity contribution >= 4 is 37.5 Å². The largest absolute Gasteiger partial charge is 0.325 e. The predicted molar refractivity (Wildman–Crippen MR) is 88.6 cm³/mol. The monoisotopic (exact) mass is 376 g/mol. The Bertz CT molecular complexity index is 588. The van der Waals surface area contributed by atoms with Gasteiger partial charge in [-0.05, 0) is 30.5 Å². The third-order valence-corrected chi connectivity index (χ3v) is 4.60. The van der Waals surface area contributed by atoms with Crippen LogP contribution in [0.1, 0.15) is 20.3 Å². The fourth-order valence-corrected chi connectivity index (χ4v) is 2.88. The number of hydrogen-bond donors (Lipinski definition) is 1. The number of rotatable bonds is 7. The Morgan fingerprint density at radius 2 is 2.05 bits per heavy atom. The van der Waals surface area contributed by atoms with Gasteiger partial charge in [-0.25, -0.2) is 8.42 Å². The molecule has 21 heavy (non-hydrogen) atoms. The molecule has 1 aromatic carbocycles. The van der Waals surface area contributed by atoms with Gasteiger partial charge in [0.1, 0.15) is 0 Å². The molecule has 0 atom stereocenters. The molecule has 1 N–H and O–H groups in total. The van der Waals surface area contributed by atoms with Gasteiger partial charge in [0.15, 0.2) is 0 Å².